The van der Waals surface area contributed by atoms with Gasteiger partial charge in [0.2, 0.25) is 5.91 Å². The van der Waals surface area contributed by atoms with Gasteiger partial charge in [-0.1, -0.05) is 45.0 Å². The van der Waals surface area contributed by atoms with E-state index in [1.165, 1.54) is 11.1 Å². The van der Waals surface area contributed by atoms with E-state index in [1.54, 1.807) is 0 Å². The minimum atomic E-state index is -0.480. The number of nitrogens with one attached hydrogen (secondary N) is 1. The zero-order chi connectivity index (χ0) is 14.6. The largest absolute Gasteiger partial charge is 0.352 e. The maximum absolute atomic E-state index is 12.0. The molecular weight excluding hydrogens is 272 g/mol. The van der Waals surface area contributed by atoms with E-state index in [9.17, 15) is 4.79 Å². The van der Waals surface area contributed by atoms with E-state index >= 15 is 0 Å². The Morgan fingerprint density at radius 3 is 2.35 bits per heavy atom. The molecule has 1 aromatic rings. The highest BCUT2D eigenvalue weighted by atomic mass is 35.5. The Morgan fingerprint density at radius 2 is 1.85 bits per heavy atom. The molecule has 0 fully saturated rings. The lowest BCUT2D eigenvalue weighted by Crippen LogP contribution is -2.51. The van der Waals surface area contributed by atoms with Gasteiger partial charge in [0.1, 0.15) is 0 Å². The van der Waals surface area contributed by atoms with Crippen LogP contribution in [0.15, 0.2) is 24.3 Å². The number of amides is 1. The van der Waals surface area contributed by atoms with Crippen molar-refractivity contribution < 1.29 is 4.79 Å². The molecule has 3 N–H and O–H groups in total. The van der Waals surface area contributed by atoms with E-state index in [0.717, 1.165) is 6.42 Å². The molecule has 0 radical (unpaired) electrons. The number of carbonyl (C=O) groups excluding carboxylic acids is 1. The van der Waals surface area contributed by atoms with E-state index < -0.39 is 6.04 Å². The molecule has 0 aromatic heterocycles. The van der Waals surface area contributed by atoms with Gasteiger partial charge in [-0.3, -0.25) is 4.79 Å². The van der Waals surface area contributed by atoms with E-state index in [2.05, 4.69) is 24.4 Å². The van der Waals surface area contributed by atoms with Crippen molar-refractivity contribution >= 4 is 18.3 Å². The second-order valence-electron chi connectivity index (χ2n) is 6.38. The molecule has 1 amide bonds. The molecule has 0 spiro atoms. The van der Waals surface area contributed by atoms with Crippen molar-refractivity contribution in [1.29, 1.82) is 0 Å². The average Bonchev–Trinajstić information content (AvgIpc) is 2.29. The van der Waals surface area contributed by atoms with Gasteiger partial charge in [-0.25, -0.2) is 0 Å². The first kappa shape index (κ1) is 18.9. The standard InChI is InChI=1S/C16H26N2O.ClH/c1-11-8-6-7-9-13(11)10-12(2)18-15(19)14(17)16(3,4)5;/h6-9,12,14H,10,17H2,1-5H3,(H,18,19);1H/t12?,14-;/m1./s1. The number of carbonyl (C=O) groups is 1. The summed E-state index contributed by atoms with van der Waals surface area (Å²) < 4.78 is 0. The first-order valence-electron chi connectivity index (χ1n) is 6.82. The van der Waals surface area contributed by atoms with Crippen molar-refractivity contribution in [3.05, 3.63) is 35.4 Å². The van der Waals surface area contributed by atoms with Gasteiger partial charge in [0.05, 0.1) is 6.04 Å². The van der Waals surface area contributed by atoms with Crippen LogP contribution >= 0.6 is 12.4 Å². The minimum Gasteiger partial charge on any atom is -0.352 e. The molecule has 4 heteroatoms. The Balaban J connectivity index is 0.00000361. The summed E-state index contributed by atoms with van der Waals surface area (Å²) in [5.74, 6) is -0.0754. The van der Waals surface area contributed by atoms with Crippen LogP contribution in [0, 0.1) is 12.3 Å². The fraction of sp³-hybridized carbons (Fsp3) is 0.562. The van der Waals surface area contributed by atoms with Crippen molar-refractivity contribution in [3.8, 4) is 0 Å². The molecular formula is C16H27ClN2O. The number of benzene rings is 1. The van der Waals surface area contributed by atoms with Crippen LogP contribution in [0.4, 0.5) is 0 Å². The lowest BCUT2D eigenvalue weighted by atomic mass is 9.86. The first-order valence-corrected chi connectivity index (χ1v) is 6.82. The number of halogens is 1. The van der Waals surface area contributed by atoms with Gasteiger partial charge in [-0.05, 0) is 36.8 Å². The number of rotatable bonds is 4. The lowest BCUT2D eigenvalue weighted by Gasteiger charge is -2.27. The van der Waals surface area contributed by atoms with Gasteiger partial charge in [-0.15, -0.1) is 12.4 Å². The smallest absolute Gasteiger partial charge is 0.237 e. The van der Waals surface area contributed by atoms with Gasteiger partial charge < -0.3 is 11.1 Å². The van der Waals surface area contributed by atoms with Gasteiger partial charge >= 0.3 is 0 Å². The van der Waals surface area contributed by atoms with Crippen molar-refractivity contribution in [3.63, 3.8) is 0 Å². The Labute approximate surface area is 128 Å². The number of hydrogen-bond donors (Lipinski definition) is 2. The van der Waals surface area contributed by atoms with Crippen LogP contribution in [0.25, 0.3) is 0 Å². The summed E-state index contributed by atoms with van der Waals surface area (Å²) in [5.41, 5.74) is 8.25. The summed E-state index contributed by atoms with van der Waals surface area (Å²) in [6.07, 6.45) is 0.829. The second kappa shape index (κ2) is 7.65. The highest BCUT2D eigenvalue weighted by Gasteiger charge is 2.28. The van der Waals surface area contributed by atoms with Crippen molar-refractivity contribution in [2.75, 3.05) is 0 Å². The van der Waals surface area contributed by atoms with Crippen LogP contribution in [0.5, 0.6) is 0 Å². The molecule has 0 aliphatic carbocycles. The summed E-state index contributed by atoms with van der Waals surface area (Å²) in [5, 5.41) is 3.00. The fourth-order valence-corrected chi connectivity index (χ4v) is 1.95. The molecule has 0 bridgehead atoms. The summed E-state index contributed by atoms with van der Waals surface area (Å²) in [6, 6.07) is 7.84. The van der Waals surface area contributed by atoms with E-state index in [1.807, 2.05) is 39.8 Å². The summed E-state index contributed by atoms with van der Waals surface area (Å²) in [7, 11) is 0. The van der Waals surface area contributed by atoms with Crippen LogP contribution in [0.3, 0.4) is 0 Å². The molecule has 2 atom stereocenters. The highest BCUT2D eigenvalue weighted by Crippen LogP contribution is 2.17. The van der Waals surface area contributed by atoms with Gasteiger partial charge in [-0.2, -0.15) is 0 Å². The van der Waals surface area contributed by atoms with Crippen molar-refractivity contribution in [1.82, 2.24) is 5.32 Å². The molecule has 0 saturated carbocycles. The summed E-state index contributed by atoms with van der Waals surface area (Å²) in [6.45, 7) is 10.0. The Bertz CT molecular complexity index is 440. The van der Waals surface area contributed by atoms with E-state index in [-0.39, 0.29) is 29.8 Å². The molecule has 3 nitrogen and oxygen atoms in total. The number of aryl methyl sites for hydroxylation is 1. The van der Waals surface area contributed by atoms with Crippen LogP contribution in [-0.4, -0.2) is 18.0 Å². The highest BCUT2D eigenvalue weighted by molar-refractivity contribution is 5.85. The quantitative estimate of drug-likeness (QED) is 0.898. The molecule has 0 aliphatic heterocycles. The predicted octanol–water partition coefficient (Wildman–Crippen LogP) is 2.84. The third kappa shape index (κ3) is 5.51. The Hall–Kier alpha value is -1.06. The minimum absolute atomic E-state index is 0. The van der Waals surface area contributed by atoms with Crippen LogP contribution < -0.4 is 11.1 Å². The maximum Gasteiger partial charge on any atom is 0.237 e. The number of hydrogen-bond acceptors (Lipinski definition) is 2. The molecule has 0 saturated heterocycles. The molecule has 114 valence electrons. The first-order chi connectivity index (χ1) is 8.71. The molecule has 0 heterocycles. The van der Waals surface area contributed by atoms with Crippen molar-refractivity contribution in [2.45, 2.75) is 53.1 Å². The van der Waals surface area contributed by atoms with Gasteiger partial charge in [0, 0.05) is 6.04 Å². The summed E-state index contributed by atoms with van der Waals surface area (Å²) in [4.78, 5) is 12.0. The van der Waals surface area contributed by atoms with E-state index in [0.29, 0.717) is 0 Å². The van der Waals surface area contributed by atoms with Crippen LogP contribution in [0.2, 0.25) is 0 Å². The molecule has 0 aliphatic rings. The number of nitrogens with two attached hydrogens (primary N) is 1. The zero-order valence-electron chi connectivity index (χ0n) is 13.1. The summed E-state index contributed by atoms with van der Waals surface area (Å²) >= 11 is 0. The third-order valence-corrected chi connectivity index (χ3v) is 3.39. The lowest BCUT2D eigenvalue weighted by molar-refractivity contribution is -0.125. The Kier molecular flexibility index (Phi) is 7.25. The molecule has 1 unspecified atom stereocenters. The van der Waals surface area contributed by atoms with Gasteiger partial charge in [0.15, 0.2) is 0 Å². The normalized spacial score (nSPS) is 14.1. The molecule has 1 rings (SSSR count). The van der Waals surface area contributed by atoms with Gasteiger partial charge in [0.25, 0.3) is 0 Å². The zero-order valence-corrected chi connectivity index (χ0v) is 13.9. The SMILES string of the molecule is Cc1ccccc1CC(C)NC(=O)[C@@H](N)C(C)(C)C.Cl. The predicted molar refractivity (Wildman–Crippen MR) is 87.2 cm³/mol. The second-order valence-corrected chi connectivity index (χ2v) is 6.38. The molecule has 20 heavy (non-hydrogen) atoms. The maximum atomic E-state index is 12.0. The van der Waals surface area contributed by atoms with Crippen LogP contribution in [0.1, 0.15) is 38.8 Å². The van der Waals surface area contributed by atoms with E-state index in [4.69, 9.17) is 5.73 Å². The third-order valence-electron chi connectivity index (χ3n) is 3.39. The fourth-order valence-electron chi connectivity index (χ4n) is 1.95. The van der Waals surface area contributed by atoms with Crippen molar-refractivity contribution in [2.24, 2.45) is 11.1 Å². The monoisotopic (exact) mass is 298 g/mol. The van der Waals surface area contributed by atoms with Crippen LogP contribution in [-0.2, 0) is 11.2 Å². The topological polar surface area (TPSA) is 55.1 Å². The Morgan fingerprint density at radius 1 is 1.30 bits per heavy atom. The average molecular weight is 299 g/mol. The molecule has 1 aromatic carbocycles.